The van der Waals surface area contributed by atoms with E-state index in [1.807, 2.05) is 31.3 Å². The Morgan fingerprint density at radius 2 is 2.11 bits per heavy atom. The van der Waals surface area contributed by atoms with Gasteiger partial charge in [0.1, 0.15) is 12.1 Å². The van der Waals surface area contributed by atoms with Gasteiger partial charge >= 0.3 is 0 Å². The van der Waals surface area contributed by atoms with Crippen molar-refractivity contribution in [1.29, 1.82) is 0 Å². The third-order valence-corrected chi connectivity index (χ3v) is 3.74. The van der Waals surface area contributed by atoms with Crippen molar-refractivity contribution in [2.45, 2.75) is 18.1 Å². The van der Waals surface area contributed by atoms with Crippen LogP contribution >= 0.6 is 11.8 Å². The fourth-order valence-corrected chi connectivity index (χ4v) is 2.35. The van der Waals surface area contributed by atoms with E-state index in [2.05, 4.69) is 10.1 Å². The van der Waals surface area contributed by atoms with E-state index in [0.717, 1.165) is 28.6 Å². The van der Waals surface area contributed by atoms with Gasteiger partial charge in [-0.25, -0.2) is 9.67 Å². The molecule has 0 aliphatic carbocycles. The predicted molar refractivity (Wildman–Crippen MR) is 76.2 cm³/mol. The second kappa shape index (κ2) is 7.16. The molecule has 2 rings (SSSR count). The van der Waals surface area contributed by atoms with E-state index in [-0.39, 0.29) is 0 Å². The fraction of sp³-hybridized carbons (Fsp3) is 0.385. The standard InChI is InChI=1S/C13H18N4OS/c1-17-13(15-10-16-17)19-8-2-7-18-12-5-3-11(9-14)4-6-12/h3-6,10H,2,7-9,14H2,1H3. The van der Waals surface area contributed by atoms with Gasteiger partial charge in [-0.2, -0.15) is 5.10 Å². The van der Waals surface area contributed by atoms with E-state index in [4.69, 9.17) is 10.5 Å². The Labute approximate surface area is 117 Å². The highest BCUT2D eigenvalue weighted by Gasteiger charge is 2.00. The summed E-state index contributed by atoms with van der Waals surface area (Å²) < 4.78 is 7.43. The topological polar surface area (TPSA) is 66.0 Å². The smallest absolute Gasteiger partial charge is 0.185 e. The van der Waals surface area contributed by atoms with E-state index < -0.39 is 0 Å². The molecule has 102 valence electrons. The van der Waals surface area contributed by atoms with Crippen molar-refractivity contribution >= 4 is 11.8 Å². The van der Waals surface area contributed by atoms with Gasteiger partial charge in [-0.15, -0.1) is 0 Å². The Bertz CT molecular complexity index is 498. The summed E-state index contributed by atoms with van der Waals surface area (Å²) in [5, 5.41) is 4.96. The maximum Gasteiger partial charge on any atom is 0.185 e. The molecule has 0 unspecified atom stereocenters. The summed E-state index contributed by atoms with van der Waals surface area (Å²) in [6, 6.07) is 7.89. The van der Waals surface area contributed by atoms with Crippen molar-refractivity contribution < 1.29 is 4.74 Å². The molecule has 1 aromatic carbocycles. The first kappa shape index (κ1) is 13.9. The number of nitrogens with zero attached hydrogens (tertiary/aromatic N) is 3. The molecule has 0 radical (unpaired) electrons. The molecule has 2 N–H and O–H groups in total. The van der Waals surface area contributed by atoms with Crippen LogP contribution in [0.3, 0.4) is 0 Å². The zero-order valence-corrected chi connectivity index (χ0v) is 11.8. The number of hydrogen-bond acceptors (Lipinski definition) is 5. The number of aromatic nitrogens is 3. The van der Waals surface area contributed by atoms with Crippen LogP contribution in [-0.4, -0.2) is 27.1 Å². The van der Waals surface area contributed by atoms with Gasteiger partial charge in [0.05, 0.1) is 6.61 Å². The normalized spacial score (nSPS) is 10.6. The van der Waals surface area contributed by atoms with E-state index >= 15 is 0 Å². The first-order chi connectivity index (χ1) is 9.29. The summed E-state index contributed by atoms with van der Waals surface area (Å²) in [6.07, 6.45) is 2.54. The van der Waals surface area contributed by atoms with E-state index in [9.17, 15) is 0 Å². The van der Waals surface area contributed by atoms with Crippen LogP contribution in [0, 0.1) is 0 Å². The Kier molecular flexibility index (Phi) is 5.23. The lowest BCUT2D eigenvalue weighted by Crippen LogP contribution is -2.01. The van der Waals surface area contributed by atoms with Crippen LogP contribution < -0.4 is 10.5 Å². The average Bonchev–Trinajstić information content (AvgIpc) is 2.85. The zero-order chi connectivity index (χ0) is 13.5. The quantitative estimate of drug-likeness (QED) is 0.618. The fourth-order valence-electron chi connectivity index (χ4n) is 1.55. The summed E-state index contributed by atoms with van der Waals surface area (Å²) in [5.74, 6) is 1.86. The molecular weight excluding hydrogens is 260 g/mol. The third kappa shape index (κ3) is 4.25. The van der Waals surface area contributed by atoms with Crippen molar-refractivity contribution in [2.24, 2.45) is 12.8 Å². The second-order valence-electron chi connectivity index (χ2n) is 4.06. The number of rotatable bonds is 7. The first-order valence-corrected chi connectivity index (χ1v) is 7.17. The van der Waals surface area contributed by atoms with Gasteiger partial charge in [0.25, 0.3) is 0 Å². The number of nitrogens with two attached hydrogens (primary N) is 1. The third-order valence-electron chi connectivity index (χ3n) is 2.62. The molecule has 0 saturated carbocycles. The van der Waals surface area contributed by atoms with Crippen molar-refractivity contribution in [3.63, 3.8) is 0 Å². The molecule has 0 fully saturated rings. The summed E-state index contributed by atoms with van der Waals surface area (Å²) >= 11 is 1.69. The Balaban J connectivity index is 1.65. The van der Waals surface area contributed by atoms with Gasteiger partial charge in [-0.1, -0.05) is 23.9 Å². The molecule has 19 heavy (non-hydrogen) atoms. The highest BCUT2D eigenvalue weighted by atomic mass is 32.2. The lowest BCUT2D eigenvalue weighted by Gasteiger charge is -2.06. The highest BCUT2D eigenvalue weighted by molar-refractivity contribution is 7.99. The summed E-state index contributed by atoms with van der Waals surface area (Å²) in [5.41, 5.74) is 6.66. The van der Waals surface area contributed by atoms with Crippen molar-refractivity contribution in [2.75, 3.05) is 12.4 Å². The molecule has 0 amide bonds. The van der Waals surface area contributed by atoms with Crippen LogP contribution in [0.15, 0.2) is 35.7 Å². The van der Waals surface area contributed by atoms with Crippen molar-refractivity contribution in [1.82, 2.24) is 14.8 Å². The van der Waals surface area contributed by atoms with Gasteiger partial charge in [0.15, 0.2) is 5.16 Å². The number of thioether (sulfide) groups is 1. The maximum absolute atomic E-state index is 5.66. The van der Waals surface area contributed by atoms with Crippen molar-refractivity contribution in [3.8, 4) is 5.75 Å². The molecule has 2 aromatic rings. The van der Waals surface area contributed by atoms with Crippen LogP contribution in [0.1, 0.15) is 12.0 Å². The minimum Gasteiger partial charge on any atom is -0.494 e. The molecule has 0 spiro atoms. The lowest BCUT2D eigenvalue weighted by atomic mass is 10.2. The molecule has 0 aliphatic heterocycles. The number of hydrogen-bond donors (Lipinski definition) is 1. The maximum atomic E-state index is 5.66. The van der Waals surface area contributed by atoms with Gasteiger partial charge < -0.3 is 10.5 Å². The lowest BCUT2D eigenvalue weighted by molar-refractivity contribution is 0.318. The Morgan fingerprint density at radius 3 is 2.74 bits per heavy atom. The van der Waals surface area contributed by atoms with E-state index in [1.54, 1.807) is 22.8 Å². The zero-order valence-electron chi connectivity index (χ0n) is 11.0. The molecule has 0 atom stereocenters. The van der Waals surface area contributed by atoms with Gasteiger partial charge in [0, 0.05) is 19.3 Å². The van der Waals surface area contributed by atoms with Gasteiger partial charge in [0.2, 0.25) is 0 Å². The highest BCUT2D eigenvalue weighted by Crippen LogP contribution is 2.15. The molecule has 6 heteroatoms. The van der Waals surface area contributed by atoms with Crippen LogP contribution in [0.2, 0.25) is 0 Å². The summed E-state index contributed by atoms with van der Waals surface area (Å²) in [4.78, 5) is 4.15. The Morgan fingerprint density at radius 1 is 1.32 bits per heavy atom. The van der Waals surface area contributed by atoms with Crippen molar-refractivity contribution in [3.05, 3.63) is 36.2 Å². The molecule has 5 nitrogen and oxygen atoms in total. The molecule has 0 aliphatic rings. The molecule has 0 bridgehead atoms. The van der Waals surface area contributed by atoms with E-state index in [1.165, 1.54) is 0 Å². The first-order valence-electron chi connectivity index (χ1n) is 6.18. The van der Waals surface area contributed by atoms with Crippen LogP contribution in [-0.2, 0) is 13.6 Å². The monoisotopic (exact) mass is 278 g/mol. The molecule has 1 aromatic heterocycles. The second-order valence-corrected chi connectivity index (χ2v) is 5.13. The summed E-state index contributed by atoms with van der Waals surface area (Å²) in [7, 11) is 1.89. The predicted octanol–water partition coefficient (Wildman–Crippen LogP) is 1.83. The van der Waals surface area contributed by atoms with Gasteiger partial charge in [-0.3, -0.25) is 0 Å². The average molecular weight is 278 g/mol. The molecule has 0 saturated heterocycles. The molecule has 1 heterocycles. The minimum absolute atomic E-state index is 0.564. The van der Waals surface area contributed by atoms with E-state index in [0.29, 0.717) is 13.2 Å². The number of ether oxygens (including phenoxy) is 1. The number of benzene rings is 1. The van der Waals surface area contributed by atoms with Crippen LogP contribution in [0.25, 0.3) is 0 Å². The largest absolute Gasteiger partial charge is 0.494 e. The Hall–Kier alpha value is -1.53. The number of aryl methyl sites for hydroxylation is 1. The van der Waals surface area contributed by atoms with Crippen LogP contribution in [0.4, 0.5) is 0 Å². The van der Waals surface area contributed by atoms with Gasteiger partial charge in [-0.05, 0) is 24.1 Å². The minimum atomic E-state index is 0.564. The SMILES string of the molecule is Cn1ncnc1SCCCOc1ccc(CN)cc1. The van der Waals surface area contributed by atoms with Crippen LogP contribution in [0.5, 0.6) is 5.75 Å². The summed E-state index contributed by atoms with van der Waals surface area (Å²) in [6.45, 7) is 1.27. The molecular formula is C13H18N4OS.